The third-order valence-corrected chi connectivity index (χ3v) is 2.23. The van der Waals surface area contributed by atoms with Gasteiger partial charge in [-0.1, -0.05) is 5.16 Å². The smallest absolute Gasteiger partial charge is 0.240 e. The lowest BCUT2D eigenvalue weighted by atomic mass is 10.2. The van der Waals surface area contributed by atoms with Gasteiger partial charge in [-0.3, -0.25) is 0 Å². The van der Waals surface area contributed by atoms with Gasteiger partial charge in [0.2, 0.25) is 11.7 Å². The standard InChI is InChI=1S/C11H13N3O3/c1-12-6-10-13-11(14-17-10)7-3-4-8(15)9(5-7)16-2/h3-5,12,15H,6H2,1-2H3. The van der Waals surface area contributed by atoms with Crippen molar-refractivity contribution in [3.05, 3.63) is 24.1 Å². The molecule has 0 aliphatic carbocycles. The lowest BCUT2D eigenvalue weighted by molar-refractivity contribution is 0.371. The first kappa shape index (κ1) is 11.4. The number of rotatable bonds is 4. The van der Waals surface area contributed by atoms with Gasteiger partial charge < -0.3 is 19.7 Å². The van der Waals surface area contributed by atoms with Crippen molar-refractivity contribution in [1.29, 1.82) is 0 Å². The van der Waals surface area contributed by atoms with Crippen molar-refractivity contribution in [3.8, 4) is 22.9 Å². The highest BCUT2D eigenvalue weighted by Gasteiger charge is 2.10. The first-order valence-electron chi connectivity index (χ1n) is 5.09. The summed E-state index contributed by atoms with van der Waals surface area (Å²) in [5.74, 6) is 1.43. The number of phenols is 1. The fraction of sp³-hybridized carbons (Fsp3) is 0.273. The number of nitrogens with one attached hydrogen (secondary N) is 1. The van der Waals surface area contributed by atoms with Gasteiger partial charge in [0, 0.05) is 5.56 Å². The Balaban J connectivity index is 2.32. The normalized spacial score (nSPS) is 10.5. The van der Waals surface area contributed by atoms with Crippen LogP contribution in [-0.2, 0) is 6.54 Å². The molecule has 1 heterocycles. The third-order valence-electron chi connectivity index (χ3n) is 2.23. The summed E-state index contributed by atoms with van der Waals surface area (Å²) in [6.45, 7) is 0.516. The minimum atomic E-state index is 0.0789. The molecule has 0 saturated carbocycles. The van der Waals surface area contributed by atoms with E-state index in [4.69, 9.17) is 9.26 Å². The van der Waals surface area contributed by atoms with Crippen molar-refractivity contribution < 1.29 is 14.4 Å². The van der Waals surface area contributed by atoms with Crippen molar-refractivity contribution >= 4 is 0 Å². The summed E-state index contributed by atoms with van der Waals surface area (Å²) in [5.41, 5.74) is 0.728. The Hall–Kier alpha value is -2.08. The van der Waals surface area contributed by atoms with Crippen molar-refractivity contribution in [2.24, 2.45) is 0 Å². The monoisotopic (exact) mass is 235 g/mol. The van der Waals surface area contributed by atoms with Gasteiger partial charge in [-0.05, 0) is 25.2 Å². The van der Waals surface area contributed by atoms with E-state index in [1.54, 1.807) is 19.2 Å². The van der Waals surface area contributed by atoms with E-state index in [9.17, 15) is 5.11 Å². The summed E-state index contributed by atoms with van der Waals surface area (Å²) in [6, 6.07) is 4.89. The second-order valence-electron chi connectivity index (χ2n) is 3.43. The number of benzene rings is 1. The number of aromatic nitrogens is 2. The molecule has 2 aromatic rings. The molecule has 0 fully saturated rings. The van der Waals surface area contributed by atoms with Crippen LogP contribution >= 0.6 is 0 Å². The van der Waals surface area contributed by atoms with Gasteiger partial charge >= 0.3 is 0 Å². The first-order chi connectivity index (χ1) is 8.24. The van der Waals surface area contributed by atoms with Crippen molar-refractivity contribution in [2.75, 3.05) is 14.2 Å². The molecule has 1 aromatic carbocycles. The van der Waals surface area contributed by atoms with E-state index in [0.717, 1.165) is 5.56 Å². The van der Waals surface area contributed by atoms with Crippen LogP contribution in [0.3, 0.4) is 0 Å². The van der Waals surface area contributed by atoms with Crippen LogP contribution in [0.15, 0.2) is 22.7 Å². The van der Waals surface area contributed by atoms with Crippen LogP contribution in [0.5, 0.6) is 11.5 Å². The number of aromatic hydroxyl groups is 1. The highest BCUT2D eigenvalue weighted by atomic mass is 16.5. The molecule has 0 amide bonds. The largest absolute Gasteiger partial charge is 0.504 e. The first-order valence-corrected chi connectivity index (χ1v) is 5.09. The number of hydrogen-bond acceptors (Lipinski definition) is 6. The maximum absolute atomic E-state index is 9.47. The van der Waals surface area contributed by atoms with Crippen LogP contribution in [0, 0.1) is 0 Å². The Morgan fingerprint density at radius 3 is 3.00 bits per heavy atom. The number of hydrogen-bond donors (Lipinski definition) is 2. The van der Waals surface area contributed by atoms with Crippen molar-refractivity contribution in [2.45, 2.75) is 6.54 Å². The second kappa shape index (κ2) is 4.84. The Bertz CT molecular complexity index is 510. The topological polar surface area (TPSA) is 80.4 Å². The van der Waals surface area contributed by atoms with Crippen LogP contribution in [0.1, 0.15) is 5.89 Å². The van der Waals surface area contributed by atoms with E-state index in [1.165, 1.54) is 13.2 Å². The minimum absolute atomic E-state index is 0.0789. The van der Waals surface area contributed by atoms with Gasteiger partial charge in [0.1, 0.15) is 0 Å². The maximum Gasteiger partial charge on any atom is 0.240 e. The maximum atomic E-state index is 9.47. The van der Waals surface area contributed by atoms with Gasteiger partial charge in [-0.15, -0.1) is 0 Å². The van der Waals surface area contributed by atoms with Gasteiger partial charge in [0.05, 0.1) is 13.7 Å². The quantitative estimate of drug-likeness (QED) is 0.828. The van der Waals surface area contributed by atoms with E-state index < -0.39 is 0 Å². The number of ether oxygens (including phenoxy) is 1. The summed E-state index contributed by atoms with van der Waals surface area (Å²) >= 11 is 0. The molecular formula is C11H13N3O3. The molecule has 0 radical (unpaired) electrons. The summed E-state index contributed by atoms with van der Waals surface area (Å²) in [7, 11) is 3.29. The molecular weight excluding hydrogens is 222 g/mol. The fourth-order valence-corrected chi connectivity index (χ4v) is 1.41. The third kappa shape index (κ3) is 2.36. The predicted molar refractivity (Wildman–Crippen MR) is 60.7 cm³/mol. The molecule has 6 heteroatoms. The highest BCUT2D eigenvalue weighted by Crippen LogP contribution is 2.30. The zero-order valence-electron chi connectivity index (χ0n) is 9.60. The molecule has 6 nitrogen and oxygen atoms in total. The molecule has 0 aliphatic heterocycles. The molecule has 0 atom stereocenters. The molecule has 0 unspecified atom stereocenters. The molecule has 0 spiro atoms. The summed E-state index contributed by atoms with van der Waals surface area (Å²) in [5, 5.41) is 16.2. The summed E-state index contributed by atoms with van der Waals surface area (Å²) in [6.07, 6.45) is 0. The summed E-state index contributed by atoms with van der Waals surface area (Å²) < 4.78 is 10.0. The highest BCUT2D eigenvalue weighted by molar-refractivity contribution is 5.60. The van der Waals surface area contributed by atoms with Gasteiger partial charge in [0.15, 0.2) is 11.5 Å². The summed E-state index contributed by atoms with van der Waals surface area (Å²) in [4.78, 5) is 4.20. The number of phenolic OH excluding ortho intramolecular Hbond substituents is 1. The minimum Gasteiger partial charge on any atom is -0.504 e. The number of methoxy groups -OCH3 is 1. The number of nitrogens with zero attached hydrogens (tertiary/aromatic N) is 2. The van der Waals surface area contributed by atoms with Crippen LogP contribution in [0.2, 0.25) is 0 Å². The molecule has 0 aliphatic rings. The Labute approximate surface area is 98.2 Å². The Morgan fingerprint density at radius 1 is 1.47 bits per heavy atom. The average Bonchev–Trinajstić information content (AvgIpc) is 2.79. The predicted octanol–water partition coefficient (Wildman–Crippen LogP) is 1.17. The molecule has 1 aromatic heterocycles. The van der Waals surface area contributed by atoms with Crippen LogP contribution in [-0.4, -0.2) is 29.4 Å². The van der Waals surface area contributed by atoms with Crippen molar-refractivity contribution in [3.63, 3.8) is 0 Å². The Kier molecular flexibility index (Phi) is 3.24. The average molecular weight is 235 g/mol. The van der Waals surface area contributed by atoms with Gasteiger partial charge in [0.25, 0.3) is 0 Å². The molecule has 17 heavy (non-hydrogen) atoms. The SMILES string of the molecule is CNCc1nc(-c2ccc(O)c(OC)c2)no1. The molecule has 90 valence electrons. The van der Waals surface area contributed by atoms with Gasteiger partial charge in [-0.2, -0.15) is 4.98 Å². The molecule has 0 saturated heterocycles. The van der Waals surface area contributed by atoms with E-state index in [0.29, 0.717) is 24.0 Å². The fourth-order valence-electron chi connectivity index (χ4n) is 1.41. The van der Waals surface area contributed by atoms with Gasteiger partial charge in [-0.25, -0.2) is 0 Å². The zero-order valence-corrected chi connectivity index (χ0v) is 9.60. The van der Waals surface area contributed by atoms with E-state index >= 15 is 0 Å². The molecule has 2 rings (SSSR count). The van der Waals surface area contributed by atoms with E-state index in [1.807, 2.05) is 0 Å². The van der Waals surface area contributed by atoms with Crippen molar-refractivity contribution in [1.82, 2.24) is 15.5 Å². The zero-order chi connectivity index (χ0) is 12.3. The Morgan fingerprint density at radius 2 is 2.29 bits per heavy atom. The molecule has 0 bridgehead atoms. The second-order valence-corrected chi connectivity index (χ2v) is 3.43. The van der Waals surface area contributed by atoms with E-state index in [-0.39, 0.29) is 5.75 Å². The lowest BCUT2D eigenvalue weighted by Crippen LogP contribution is -2.04. The van der Waals surface area contributed by atoms with E-state index in [2.05, 4.69) is 15.5 Å². The van der Waals surface area contributed by atoms with Crippen LogP contribution < -0.4 is 10.1 Å². The molecule has 2 N–H and O–H groups in total. The van der Waals surface area contributed by atoms with Crippen LogP contribution in [0.4, 0.5) is 0 Å². The lowest BCUT2D eigenvalue weighted by Gasteiger charge is -2.03. The van der Waals surface area contributed by atoms with Crippen LogP contribution in [0.25, 0.3) is 11.4 Å².